The first-order valence-corrected chi connectivity index (χ1v) is 5.23. The Morgan fingerprint density at radius 1 is 1.33 bits per heavy atom. The summed E-state index contributed by atoms with van der Waals surface area (Å²) in [4.78, 5) is 11.5. The van der Waals surface area contributed by atoms with E-state index < -0.39 is 0 Å². The summed E-state index contributed by atoms with van der Waals surface area (Å²) in [6, 6.07) is 7.03. The Morgan fingerprint density at radius 3 is 2.53 bits per heavy atom. The number of rotatable bonds is 4. The molecule has 1 saturated carbocycles. The van der Waals surface area contributed by atoms with Gasteiger partial charge in [0.2, 0.25) is 0 Å². The predicted molar refractivity (Wildman–Crippen MR) is 56.0 cm³/mol. The lowest BCUT2D eigenvalue weighted by molar-refractivity contribution is 0.0472. The minimum Gasteiger partial charge on any atom is -0.494 e. The fourth-order valence-electron chi connectivity index (χ4n) is 1.26. The highest BCUT2D eigenvalue weighted by Gasteiger charge is 2.26. The first-order valence-electron chi connectivity index (χ1n) is 5.23. The zero-order chi connectivity index (χ0) is 10.7. The molecule has 1 aliphatic carbocycles. The minimum atomic E-state index is -0.236. The molecule has 1 fully saturated rings. The third kappa shape index (κ3) is 2.72. The van der Waals surface area contributed by atoms with Gasteiger partial charge in [-0.25, -0.2) is 4.79 Å². The highest BCUT2D eigenvalue weighted by atomic mass is 16.5. The van der Waals surface area contributed by atoms with Gasteiger partial charge in [-0.1, -0.05) is 0 Å². The van der Waals surface area contributed by atoms with E-state index in [1.54, 1.807) is 24.3 Å². The maximum absolute atomic E-state index is 11.5. The van der Waals surface area contributed by atoms with Crippen LogP contribution in [0.5, 0.6) is 5.75 Å². The maximum Gasteiger partial charge on any atom is 0.338 e. The summed E-state index contributed by atoms with van der Waals surface area (Å²) in [6.45, 7) is 2.56. The number of carbonyl (C=O) groups is 1. The van der Waals surface area contributed by atoms with Gasteiger partial charge in [0.15, 0.2) is 0 Å². The van der Waals surface area contributed by atoms with E-state index in [0.717, 1.165) is 18.6 Å². The normalized spacial score (nSPS) is 14.7. The first kappa shape index (κ1) is 10.0. The van der Waals surface area contributed by atoms with Crippen LogP contribution in [-0.2, 0) is 4.74 Å². The van der Waals surface area contributed by atoms with E-state index in [-0.39, 0.29) is 12.1 Å². The molecule has 3 heteroatoms. The van der Waals surface area contributed by atoms with Crippen LogP contribution in [0.15, 0.2) is 24.3 Å². The molecule has 0 bridgehead atoms. The fourth-order valence-corrected chi connectivity index (χ4v) is 1.26. The van der Waals surface area contributed by atoms with Crippen molar-refractivity contribution in [2.24, 2.45) is 0 Å². The molecule has 0 aliphatic heterocycles. The third-order valence-corrected chi connectivity index (χ3v) is 2.20. The summed E-state index contributed by atoms with van der Waals surface area (Å²) >= 11 is 0. The topological polar surface area (TPSA) is 35.5 Å². The van der Waals surface area contributed by atoms with Crippen molar-refractivity contribution in [3.8, 4) is 5.75 Å². The molecule has 0 saturated heterocycles. The highest BCUT2D eigenvalue weighted by molar-refractivity contribution is 5.89. The largest absolute Gasteiger partial charge is 0.494 e. The third-order valence-electron chi connectivity index (χ3n) is 2.20. The van der Waals surface area contributed by atoms with Crippen molar-refractivity contribution in [3.63, 3.8) is 0 Å². The van der Waals surface area contributed by atoms with Gasteiger partial charge in [0.25, 0.3) is 0 Å². The van der Waals surface area contributed by atoms with E-state index in [1.807, 2.05) is 6.92 Å². The lowest BCUT2D eigenvalue weighted by atomic mass is 10.2. The molecule has 1 aliphatic rings. The average molecular weight is 206 g/mol. The second-order valence-corrected chi connectivity index (χ2v) is 3.56. The predicted octanol–water partition coefficient (Wildman–Crippen LogP) is 2.40. The highest BCUT2D eigenvalue weighted by Crippen LogP contribution is 2.25. The summed E-state index contributed by atoms with van der Waals surface area (Å²) in [6.07, 6.45) is 2.16. The molecule has 0 unspecified atom stereocenters. The van der Waals surface area contributed by atoms with Crippen LogP contribution in [0.2, 0.25) is 0 Å². The fraction of sp³-hybridized carbons (Fsp3) is 0.417. The lowest BCUT2D eigenvalue weighted by Crippen LogP contribution is -2.06. The van der Waals surface area contributed by atoms with Gasteiger partial charge in [0, 0.05) is 0 Å². The number of hydrogen-bond donors (Lipinski definition) is 0. The number of hydrogen-bond acceptors (Lipinski definition) is 3. The van der Waals surface area contributed by atoms with Gasteiger partial charge < -0.3 is 9.47 Å². The molecule has 2 rings (SSSR count). The van der Waals surface area contributed by atoms with Crippen LogP contribution in [0.3, 0.4) is 0 Å². The number of esters is 1. The van der Waals surface area contributed by atoms with Gasteiger partial charge in [-0.05, 0) is 44.0 Å². The molecule has 0 amide bonds. The summed E-state index contributed by atoms with van der Waals surface area (Å²) in [5.74, 6) is 0.543. The van der Waals surface area contributed by atoms with Crippen LogP contribution >= 0.6 is 0 Å². The van der Waals surface area contributed by atoms with Crippen molar-refractivity contribution in [2.75, 3.05) is 6.61 Å². The zero-order valence-electron chi connectivity index (χ0n) is 8.73. The second-order valence-electron chi connectivity index (χ2n) is 3.56. The molecule has 1 aromatic carbocycles. The Morgan fingerprint density at radius 2 is 2.00 bits per heavy atom. The van der Waals surface area contributed by atoms with Gasteiger partial charge >= 0.3 is 5.97 Å². The molecule has 1 aromatic rings. The van der Waals surface area contributed by atoms with Crippen molar-refractivity contribution in [1.82, 2.24) is 0 Å². The van der Waals surface area contributed by atoms with Crippen molar-refractivity contribution in [1.29, 1.82) is 0 Å². The Labute approximate surface area is 89.0 Å². The molecule has 0 N–H and O–H groups in total. The summed E-state index contributed by atoms with van der Waals surface area (Å²) in [7, 11) is 0. The van der Waals surface area contributed by atoms with Gasteiger partial charge in [0.1, 0.15) is 11.9 Å². The molecule has 0 spiro atoms. The number of ether oxygens (including phenoxy) is 2. The van der Waals surface area contributed by atoms with Crippen LogP contribution < -0.4 is 4.74 Å². The Bertz CT molecular complexity index is 338. The Kier molecular flexibility index (Phi) is 2.90. The quantitative estimate of drug-likeness (QED) is 0.709. The lowest BCUT2D eigenvalue weighted by Gasteiger charge is -2.05. The van der Waals surface area contributed by atoms with Gasteiger partial charge in [-0.3, -0.25) is 0 Å². The van der Waals surface area contributed by atoms with Crippen molar-refractivity contribution >= 4 is 5.97 Å². The molecular weight excluding hydrogens is 192 g/mol. The van der Waals surface area contributed by atoms with Crippen molar-refractivity contribution in [3.05, 3.63) is 29.8 Å². The Hall–Kier alpha value is -1.51. The van der Waals surface area contributed by atoms with Crippen LogP contribution in [0, 0.1) is 0 Å². The van der Waals surface area contributed by atoms with Crippen LogP contribution in [0.25, 0.3) is 0 Å². The van der Waals surface area contributed by atoms with Crippen molar-refractivity contribution in [2.45, 2.75) is 25.9 Å². The maximum atomic E-state index is 11.5. The molecule has 0 atom stereocenters. The van der Waals surface area contributed by atoms with Crippen LogP contribution in [0.4, 0.5) is 0 Å². The molecule has 15 heavy (non-hydrogen) atoms. The van der Waals surface area contributed by atoms with Crippen molar-refractivity contribution < 1.29 is 14.3 Å². The molecule has 0 heterocycles. The molecule has 3 nitrogen and oxygen atoms in total. The van der Waals surface area contributed by atoms with Crippen LogP contribution in [-0.4, -0.2) is 18.7 Å². The minimum absolute atomic E-state index is 0.157. The molecule has 80 valence electrons. The summed E-state index contributed by atoms with van der Waals surface area (Å²) in [5.41, 5.74) is 0.588. The number of carbonyl (C=O) groups excluding carboxylic acids is 1. The standard InChI is InChI=1S/C12H14O3/c1-2-14-10-5-3-9(4-6-10)12(13)15-11-7-8-11/h3-6,11H,2,7-8H2,1H3. The van der Waals surface area contributed by atoms with Crippen LogP contribution in [0.1, 0.15) is 30.1 Å². The van der Waals surface area contributed by atoms with Gasteiger partial charge in [0.05, 0.1) is 12.2 Å². The zero-order valence-corrected chi connectivity index (χ0v) is 8.73. The van der Waals surface area contributed by atoms with Gasteiger partial charge in [-0.2, -0.15) is 0 Å². The monoisotopic (exact) mass is 206 g/mol. The smallest absolute Gasteiger partial charge is 0.338 e. The SMILES string of the molecule is CCOc1ccc(C(=O)OC2CC2)cc1. The number of benzene rings is 1. The molecular formula is C12H14O3. The van der Waals surface area contributed by atoms with E-state index in [2.05, 4.69) is 0 Å². The van der Waals surface area contributed by atoms with Gasteiger partial charge in [-0.15, -0.1) is 0 Å². The summed E-state index contributed by atoms with van der Waals surface area (Å²) < 4.78 is 10.4. The first-order chi connectivity index (χ1) is 7.29. The summed E-state index contributed by atoms with van der Waals surface area (Å²) in [5, 5.41) is 0. The second kappa shape index (κ2) is 4.34. The van der Waals surface area contributed by atoms with E-state index in [1.165, 1.54) is 0 Å². The average Bonchev–Trinajstić information content (AvgIpc) is 3.03. The van der Waals surface area contributed by atoms with E-state index in [4.69, 9.17) is 9.47 Å². The Balaban J connectivity index is 1.98. The molecule has 0 aromatic heterocycles. The van der Waals surface area contributed by atoms with E-state index in [0.29, 0.717) is 12.2 Å². The molecule has 0 radical (unpaired) electrons. The van der Waals surface area contributed by atoms with E-state index >= 15 is 0 Å². The van der Waals surface area contributed by atoms with E-state index in [9.17, 15) is 4.79 Å².